The molecule has 1 aromatic heterocycles. The topological polar surface area (TPSA) is 37.2 Å². The molecule has 2 aromatic rings. The zero-order chi connectivity index (χ0) is 9.97. The van der Waals surface area contributed by atoms with Gasteiger partial charge in [-0.2, -0.15) is 0 Å². The Kier molecular flexibility index (Phi) is 2.41. The summed E-state index contributed by atoms with van der Waals surface area (Å²) in [6.45, 7) is 0.755. The van der Waals surface area contributed by atoms with Crippen molar-refractivity contribution >= 4 is 16.6 Å². The first-order chi connectivity index (χ1) is 6.81. The fourth-order valence-electron chi connectivity index (χ4n) is 1.59. The Hall–Kier alpha value is -1.48. The van der Waals surface area contributed by atoms with Crippen molar-refractivity contribution in [2.24, 2.45) is 7.05 Å². The van der Waals surface area contributed by atoms with Gasteiger partial charge in [0, 0.05) is 36.4 Å². The maximum atomic E-state index is 8.68. The molecule has 0 aliphatic carbocycles. The van der Waals surface area contributed by atoms with Gasteiger partial charge < -0.3 is 15.0 Å². The van der Waals surface area contributed by atoms with Gasteiger partial charge in [0.1, 0.15) is 0 Å². The van der Waals surface area contributed by atoms with Crippen LogP contribution >= 0.6 is 0 Å². The Morgan fingerprint density at radius 1 is 1.36 bits per heavy atom. The number of benzene rings is 1. The van der Waals surface area contributed by atoms with Gasteiger partial charge in [-0.05, 0) is 24.3 Å². The van der Waals surface area contributed by atoms with Crippen LogP contribution in [-0.2, 0) is 7.05 Å². The van der Waals surface area contributed by atoms with Crippen LogP contribution in [0.1, 0.15) is 0 Å². The zero-order valence-electron chi connectivity index (χ0n) is 8.20. The monoisotopic (exact) mass is 190 g/mol. The third-order valence-corrected chi connectivity index (χ3v) is 2.33. The predicted molar refractivity (Wildman–Crippen MR) is 58.5 cm³/mol. The summed E-state index contributed by atoms with van der Waals surface area (Å²) in [5.74, 6) is 0. The summed E-state index contributed by atoms with van der Waals surface area (Å²) in [6.07, 6.45) is 2.04. The van der Waals surface area contributed by atoms with Gasteiger partial charge in [0.2, 0.25) is 0 Å². The number of hydrogen-bond acceptors (Lipinski definition) is 2. The summed E-state index contributed by atoms with van der Waals surface area (Å²) >= 11 is 0. The van der Waals surface area contributed by atoms with Gasteiger partial charge in [-0.3, -0.25) is 0 Å². The number of aromatic nitrogens is 1. The van der Waals surface area contributed by atoms with Crippen LogP contribution in [0.4, 0.5) is 5.69 Å². The predicted octanol–water partition coefficient (Wildman–Crippen LogP) is 1.58. The van der Waals surface area contributed by atoms with E-state index < -0.39 is 0 Å². The molecular formula is C11H14N2O. The second-order valence-electron chi connectivity index (χ2n) is 3.35. The number of nitrogens with zero attached hydrogens (tertiary/aromatic N) is 1. The van der Waals surface area contributed by atoms with Crippen molar-refractivity contribution in [3.8, 4) is 0 Å². The van der Waals surface area contributed by atoms with Crippen LogP contribution in [0.3, 0.4) is 0 Å². The van der Waals surface area contributed by atoms with E-state index in [1.807, 2.05) is 19.3 Å². The third kappa shape index (κ3) is 1.59. The molecule has 0 atom stereocenters. The molecule has 0 saturated heterocycles. The Labute approximate surface area is 83.0 Å². The first kappa shape index (κ1) is 9.09. The highest BCUT2D eigenvalue weighted by atomic mass is 16.3. The number of anilines is 1. The van der Waals surface area contributed by atoms with Crippen LogP contribution in [-0.4, -0.2) is 22.8 Å². The van der Waals surface area contributed by atoms with E-state index in [1.54, 1.807) is 0 Å². The van der Waals surface area contributed by atoms with Gasteiger partial charge in [-0.1, -0.05) is 0 Å². The second kappa shape index (κ2) is 3.72. The van der Waals surface area contributed by atoms with Gasteiger partial charge in [-0.15, -0.1) is 0 Å². The fraction of sp³-hybridized carbons (Fsp3) is 0.273. The molecule has 0 radical (unpaired) electrons. The number of fused-ring (bicyclic) bond motifs is 1. The Morgan fingerprint density at radius 2 is 2.21 bits per heavy atom. The Bertz CT molecular complexity index is 434. The Morgan fingerprint density at radius 3 is 3.00 bits per heavy atom. The normalized spacial score (nSPS) is 10.7. The van der Waals surface area contributed by atoms with Crippen molar-refractivity contribution in [1.82, 2.24) is 4.57 Å². The molecule has 0 aliphatic heterocycles. The molecule has 0 bridgehead atoms. The van der Waals surface area contributed by atoms with Crippen LogP contribution in [0, 0.1) is 0 Å². The van der Waals surface area contributed by atoms with Gasteiger partial charge in [0.05, 0.1) is 6.61 Å². The van der Waals surface area contributed by atoms with Gasteiger partial charge in [0.15, 0.2) is 0 Å². The van der Waals surface area contributed by atoms with Crippen LogP contribution in [0.15, 0.2) is 30.5 Å². The van der Waals surface area contributed by atoms with Crippen molar-refractivity contribution in [3.63, 3.8) is 0 Å². The average Bonchev–Trinajstić information content (AvgIpc) is 2.57. The highest BCUT2D eigenvalue weighted by Gasteiger charge is 1.98. The van der Waals surface area contributed by atoms with Crippen LogP contribution < -0.4 is 5.32 Å². The number of rotatable bonds is 3. The van der Waals surface area contributed by atoms with Crippen molar-refractivity contribution in [2.75, 3.05) is 18.5 Å². The summed E-state index contributed by atoms with van der Waals surface area (Å²) < 4.78 is 2.09. The highest BCUT2D eigenvalue weighted by molar-refractivity contribution is 5.83. The standard InChI is InChI=1S/C11H14N2O/c1-13-6-4-9-8-10(12-5-7-14)2-3-11(9)13/h2-4,6,8,12,14H,5,7H2,1H3. The van der Waals surface area contributed by atoms with E-state index >= 15 is 0 Å². The third-order valence-electron chi connectivity index (χ3n) is 2.33. The second-order valence-corrected chi connectivity index (χ2v) is 3.35. The lowest BCUT2D eigenvalue weighted by molar-refractivity contribution is 0.311. The molecule has 1 heterocycles. The minimum Gasteiger partial charge on any atom is -0.395 e. The molecule has 3 heteroatoms. The molecule has 2 rings (SSSR count). The molecule has 1 aromatic carbocycles. The molecule has 0 saturated carbocycles. The molecule has 0 unspecified atom stereocenters. The maximum absolute atomic E-state index is 8.68. The molecule has 0 fully saturated rings. The maximum Gasteiger partial charge on any atom is 0.0604 e. The summed E-state index contributed by atoms with van der Waals surface area (Å²) in [7, 11) is 2.03. The SMILES string of the molecule is Cn1ccc2cc(NCCO)ccc21. The van der Waals surface area contributed by atoms with Crippen molar-refractivity contribution in [3.05, 3.63) is 30.5 Å². The lowest BCUT2D eigenvalue weighted by atomic mass is 10.2. The van der Waals surface area contributed by atoms with Crippen molar-refractivity contribution in [1.29, 1.82) is 0 Å². The molecule has 0 spiro atoms. The fourth-order valence-corrected chi connectivity index (χ4v) is 1.59. The van der Waals surface area contributed by atoms with Crippen LogP contribution in [0.25, 0.3) is 10.9 Å². The largest absolute Gasteiger partial charge is 0.395 e. The van der Waals surface area contributed by atoms with Crippen LogP contribution in [0.5, 0.6) is 0 Å². The molecular weight excluding hydrogens is 176 g/mol. The van der Waals surface area contributed by atoms with Crippen LogP contribution in [0.2, 0.25) is 0 Å². The summed E-state index contributed by atoms with van der Waals surface area (Å²) in [5, 5.41) is 13.0. The number of aryl methyl sites for hydroxylation is 1. The van der Waals surface area contributed by atoms with Gasteiger partial charge >= 0.3 is 0 Å². The minimum atomic E-state index is 0.160. The molecule has 14 heavy (non-hydrogen) atoms. The lowest BCUT2D eigenvalue weighted by Gasteiger charge is -2.04. The van der Waals surface area contributed by atoms with Gasteiger partial charge in [0.25, 0.3) is 0 Å². The highest BCUT2D eigenvalue weighted by Crippen LogP contribution is 2.19. The van der Waals surface area contributed by atoms with E-state index in [2.05, 4.69) is 28.1 Å². The van der Waals surface area contributed by atoms with E-state index in [1.165, 1.54) is 10.9 Å². The smallest absolute Gasteiger partial charge is 0.0604 e. The van der Waals surface area contributed by atoms with E-state index in [0.717, 1.165) is 5.69 Å². The molecule has 2 N–H and O–H groups in total. The van der Waals surface area contributed by atoms with E-state index in [4.69, 9.17) is 5.11 Å². The average molecular weight is 190 g/mol. The zero-order valence-corrected chi connectivity index (χ0v) is 8.20. The number of aliphatic hydroxyl groups is 1. The van der Waals surface area contributed by atoms with Gasteiger partial charge in [-0.25, -0.2) is 0 Å². The Balaban J connectivity index is 2.32. The first-order valence-corrected chi connectivity index (χ1v) is 4.71. The lowest BCUT2D eigenvalue weighted by Crippen LogP contribution is -2.04. The first-order valence-electron chi connectivity index (χ1n) is 4.71. The quantitative estimate of drug-likeness (QED) is 0.771. The van der Waals surface area contributed by atoms with Crippen molar-refractivity contribution < 1.29 is 5.11 Å². The number of hydrogen-bond donors (Lipinski definition) is 2. The molecule has 0 amide bonds. The minimum absolute atomic E-state index is 0.160. The van der Waals surface area contributed by atoms with E-state index in [0.29, 0.717) is 6.54 Å². The van der Waals surface area contributed by atoms with Crippen molar-refractivity contribution in [2.45, 2.75) is 0 Å². The summed E-state index contributed by atoms with van der Waals surface area (Å²) in [5.41, 5.74) is 2.28. The summed E-state index contributed by atoms with van der Waals surface area (Å²) in [4.78, 5) is 0. The number of nitrogens with one attached hydrogen (secondary N) is 1. The molecule has 3 nitrogen and oxygen atoms in total. The number of aliphatic hydroxyl groups excluding tert-OH is 1. The van der Waals surface area contributed by atoms with E-state index in [9.17, 15) is 0 Å². The molecule has 0 aliphatic rings. The molecule has 74 valence electrons. The summed E-state index contributed by atoms with van der Waals surface area (Å²) in [6, 6.07) is 8.28. The van der Waals surface area contributed by atoms with E-state index in [-0.39, 0.29) is 6.61 Å².